The molecule has 1 heterocycles. The number of nitrogen functional groups attached to an aromatic ring is 1. The molecule has 3 heteroatoms. The molecule has 0 amide bonds. The number of nitrogens with two attached hydrogens (primary N) is 1. The smallest absolute Gasteiger partial charge is 0.126 e. The molecule has 0 spiro atoms. The fraction of sp³-hybridized carbons (Fsp3) is 0.148. The van der Waals surface area contributed by atoms with Gasteiger partial charge in [-0.1, -0.05) is 75.4 Å². The standard InChI is InChI=1S/C27H24N2S/c1-27(2,3)18-15-22(20-13-8-10-17-9-4-5-11-19(17)20)25-24(16-18)30-26(29-25)21-12-6-7-14-23(21)28/h4-16H,28H2,1-3H3. The Morgan fingerprint density at radius 1 is 0.767 bits per heavy atom. The summed E-state index contributed by atoms with van der Waals surface area (Å²) in [6, 6.07) is 27.7. The van der Waals surface area contributed by atoms with Gasteiger partial charge in [-0.05, 0) is 51.6 Å². The average Bonchev–Trinajstić information content (AvgIpc) is 3.16. The first-order valence-corrected chi connectivity index (χ1v) is 11.0. The molecule has 30 heavy (non-hydrogen) atoms. The number of rotatable bonds is 2. The van der Waals surface area contributed by atoms with Gasteiger partial charge in [0.1, 0.15) is 5.01 Å². The minimum absolute atomic E-state index is 0.0451. The molecule has 0 unspecified atom stereocenters. The zero-order valence-corrected chi connectivity index (χ0v) is 18.3. The highest BCUT2D eigenvalue weighted by Crippen LogP contribution is 2.42. The highest BCUT2D eigenvalue weighted by atomic mass is 32.1. The number of anilines is 1. The number of nitrogens with zero attached hydrogens (tertiary/aromatic N) is 1. The molecule has 5 aromatic rings. The average molecular weight is 409 g/mol. The SMILES string of the molecule is CC(C)(C)c1cc(-c2cccc3ccccc23)c2nc(-c3ccccc3N)sc2c1. The van der Waals surface area contributed by atoms with Gasteiger partial charge < -0.3 is 5.73 Å². The Balaban J connectivity index is 1.85. The highest BCUT2D eigenvalue weighted by molar-refractivity contribution is 7.21. The number of fused-ring (bicyclic) bond motifs is 2. The van der Waals surface area contributed by atoms with Crippen LogP contribution in [0.5, 0.6) is 0 Å². The van der Waals surface area contributed by atoms with Crippen molar-refractivity contribution in [2.24, 2.45) is 0 Å². The molecule has 0 aliphatic carbocycles. The van der Waals surface area contributed by atoms with E-state index in [1.54, 1.807) is 11.3 Å². The van der Waals surface area contributed by atoms with Crippen molar-refractivity contribution in [2.75, 3.05) is 5.73 Å². The Bertz CT molecular complexity index is 1380. The maximum atomic E-state index is 6.26. The molecular formula is C27H24N2S. The molecule has 0 atom stereocenters. The maximum absolute atomic E-state index is 6.26. The molecule has 5 rings (SSSR count). The molecule has 0 radical (unpaired) electrons. The van der Waals surface area contributed by atoms with Crippen molar-refractivity contribution in [2.45, 2.75) is 26.2 Å². The van der Waals surface area contributed by atoms with Crippen LogP contribution in [0.1, 0.15) is 26.3 Å². The predicted molar refractivity (Wildman–Crippen MR) is 131 cm³/mol. The summed E-state index contributed by atoms with van der Waals surface area (Å²) in [5.41, 5.74) is 12.8. The van der Waals surface area contributed by atoms with Crippen molar-refractivity contribution in [3.05, 3.63) is 84.4 Å². The summed E-state index contributed by atoms with van der Waals surface area (Å²) < 4.78 is 1.20. The minimum Gasteiger partial charge on any atom is -0.398 e. The second kappa shape index (κ2) is 6.96. The number of aromatic nitrogens is 1. The molecule has 2 nitrogen and oxygen atoms in total. The molecule has 0 saturated heterocycles. The third-order valence-corrected chi connectivity index (χ3v) is 6.67. The van der Waals surface area contributed by atoms with E-state index in [1.807, 2.05) is 18.2 Å². The monoisotopic (exact) mass is 408 g/mol. The maximum Gasteiger partial charge on any atom is 0.126 e. The Kier molecular flexibility index (Phi) is 4.37. The first-order valence-electron chi connectivity index (χ1n) is 10.2. The van der Waals surface area contributed by atoms with E-state index < -0.39 is 0 Å². The van der Waals surface area contributed by atoms with Crippen LogP contribution >= 0.6 is 11.3 Å². The molecule has 0 aliphatic heterocycles. The van der Waals surface area contributed by atoms with Crippen molar-refractivity contribution >= 4 is 38.0 Å². The topological polar surface area (TPSA) is 38.9 Å². The highest BCUT2D eigenvalue weighted by Gasteiger charge is 2.20. The normalized spacial score (nSPS) is 12.0. The number of hydrogen-bond acceptors (Lipinski definition) is 3. The van der Waals surface area contributed by atoms with E-state index in [4.69, 9.17) is 10.7 Å². The molecule has 148 valence electrons. The van der Waals surface area contributed by atoms with Crippen LogP contribution in [0.25, 0.3) is 42.7 Å². The summed E-state index contributed by atoms with van der Waals surface area (Å²) in [5, 5.41) is 3.46. The zero-order chi connectivity index (χ0) is 20.9. The lowest BCUT2D eigenvalue weighted by atomic mass is 9.84. The number of para-hydroxylation sites is 1. The second-order valence-electron chi connectivity index (χ2n) is 8.75. The summed E-state index contributed by atoms with van der Waals surface area (Å²) >= 11 is 1.72. The fourth-order valence-electron chi connectivity index (χ4n) is 3.94. The Morgan fingerprint density at radius 3 is 2.27 bits per heavy atom. The van der Waals surface area contributed by atoms with Gasteiger partial charge in [0.15, 0.2) is 0 Å². The van der Waals surface area contributed by atoms with Crippen LogP contribution in [0.4, 0.5) is 5.69 Å². The number of hydrogen-bond donors (Lipinski definition) is 1. The summed E-state index contributed by atoms with van der Waals surface area (Å²) in [6.07, 6.45) is 0. The van der Waals surface area contributed by atoms with Gasteiger partial charge in [-0.25, -0.2) is 4.98 Å². The van der Waals surface area contributed by atoms with E-state index >= 15 is 0 Å². The van der Waals surface area contributed by atoms with Gasteiger partial charge in [0.2, 0.25) is 0 Å². The van der Waals surface area contributed by atoms with Gasteiger partial charge in [0.25, 0.3) is 0 Å². The van der Waals surface area contributed by atoms with E-state index in [2.05, 4.69) is 81.4 Å². The Morgan fingerprint density at radius 2 is 1.47 bits per heavy atom. The third-order valence-electron chi connectivity index (χ3n) is 5.63. The largest absolute Gasteiger partial charge is 0.398 e. The lowest BCUT2D eigenvalue weighted by molar-refractivity contribution is 0.591. The lowest BCUT2D eigenvalue weighted by Gasteiger charge is -2.20. The Hall–Kier alpha value is -3.17. The molecule has 0 saturated carbocycles. The van der Waals surface area contributed by atoms with E-state index in [-0.39, 0.29) is 5.41 Å². The first kappa shape index (κ1) is 18.8. The summed E-state index contributed by atoms with van der Waals surface area (Å²) in [6.45, 7) is 6.79. The third kappa shape index (κ3) is 3.16. The molecular weight excluding hydrogens is 384 g/mol. The van der Waals surface area contributed by atoms with Gasteiger partial charge >= 0.3 is 0 Å². The van der Waals surface area contributed by atoms with E-state index in [0.717, 1.165) is 21.8 Å². The molecule has 0 fully saturated rings. The summed E-state index contributed by atoms with van der Waals surface area (Å²) in [7, 11) is 0. The summed E-state index contributed by atoms with van der Waals surface area (Å²) in [4.78, 5) is 5.09. The quantitative estimate of drug-likeness (QED) is 0.304. The van der Waals surface area contributed by atoms with Crippen LogP contribution in [0.15, 0.2) is 78.9 Å². The van der Waals surface area contributed by atoms with Crippen molar-refractivity contribution in [3.8, 4) is 21.7 Å². The van der Waals surface area contributed by atoms with Gasteiger partial charge in [0, 0.05) is 16.8 Å². The molecule has 0 bridgehead atoms. The number of benzene rings is 4. The minimum atomic E-state index is 0.0451. The molecule has 4 aromatic carbocycles. The van der Waals surface area contributed by atoms with Crippen LogP contribution in [0.3, 0.4) is 0 Å². The van der Waals surface area contributed by atoms with Crippen LogP contribution in [0.2, 0.25) is 0 Å². The first-order chi connectivity index (χ1) is 14.4. The van der Waals surface area contributed by atoms with Crippen LogP contribution in [0, 0.1) is 0 Å². The van der Waals surface area contributed by atoms with Crippen LogP contribution in [-0.2, 0) is 5.41 Å². The van der Waals surface area contributed by atoms with Gasteiger partial charge in [-0.15, -0.1) is 11.3 Å². The molecule has 2 N–H and O–H groups in total. The second-order valence-corrected chi connectivity index (χ2v) is 9.78. The van der Waals surface area contributed by atoms with E-state index in [0.29, 0.717) is 0 Å². The van der Waals surface area contributed by atoms with Crippen molar-refractivity contribution in [1.82, 2.24) is 4.98 Å². The van der Waals surface area contributed by atoms with Crippen LogP contribution < -0.4 is 5.73 Å². The predicted octanol–water partition coefficient (Wildman–Crippen LogP) is 7.66. The Labute approximate surface area is 181 Å². The van der Waals surface area contributed by atoms with E-state index in [1.165, 1.54) is 32.2 Å². The fourth-order valence-corrected chi connectivity index (χ4v) is 5.01. The van der Waals surface area contributed by atoms with Gasteiger partial charge in [0.05, 0.1) is 10.2 Å². The van der Waals surface area contributed by atoms with Gasteiger partial charge in [-0.2, -0.15) is 0 Å². The van der Waals surface area contributed by atoms with Crippen molar-refractivity contribution in [1.29, 1.82) is 0 Å². The van der Waals surface area contributed by atoms with Crippen molar-refractivity contribution in [3.63, 3.8) is 0 Å². The lowest BCUT2D eigenvalue weighted by Crippen LogP contribution is -2.11. The molecule has 0 aliphatic rings. The van der Waals surface area contributed by atoms with Crippen LogP contribution in [-0.4, -0.2) is 4.98 Å². The van der Waals surface area contributed by atoms with Crippen molar-refractivity contribution < 1.29 is 0 Å². The molecule has 1 aromatic heterocycles. The zero-order valence-electron chi connectivity index (χ0n) is 17.4. The van der Waals surface area contributed by atoms with Gasteiger partial charge in [-0.3, -0.25) is 0 Å². The van der Waals surface area contributed by atoms with E-state index in [9.17, 15) is 0 Å². The summed E-state index contributed by atoms with van der Waals surface area (Å²) in [5.74, 6) is 0. The number of thiazole rings is 1.